The molecule has 0 saturated carbocycles. The molecule has 3 rings (SSSR count). The highest BCUT2D eigenvalue weighted by molar-refractivity contribution is 5.97. The van der Waals surface area contributed by atoms with Crippen molar-refractivity contribution in [2.75, 3.05) is 31.7 Å². The molecule has 1 aromatic rings. The van der Waals surface area contributed by atoms with Gasteiger partial charge in [0.25, 0.3) is 0 Å². The first-order chi connectivity index (χ1) is 10.2. The number of nitrogens with zero attached hydrogens (tertiary/aromatic N) is 1. The van der Waals surface area contributed by atoms with Crippen molar-refractivity contribution in [1.82, 2.24) is 0 Å². The summed E-state index contributed by atoms with van der Waals surface area (Å²) in [6.45, 7) is 1.88. The lowest BCUT2D eigenvalue weighted by atomic mass is 9.81. The van der Waals surface area contributed by atoms with Crippen LogP contribution in [0.5, 0.6) is 11.5 Å². The highest BCUT2D eigenvalue weighted by Gasteiger charge is 2.40. The third kappa shape index (κ3) is 2.65. The molecule has 1 N–H and O–H groups in total. The van der Waals surface area contributed by atoms with Crippen molar-refractivity contribution >= 4 is 11.6 Å². The minimum atomic E-state index is -1.01. The normalized spacial score (nSPS) is 19.4. The maximum Gasteiger partial charge on any atom is 0.245 e. The summed E-state index contributed by atoms with van der Waals surface area (Å²) in [6.07, 6.45) is 0.833. The Morgan fingerprint density at radius 2 is 1.86 bits per heavy atom. The SMILES string of the molecule is N#CC1(C(=O)Nc2ccc3c(c2)OCCO3)CCOCC1. The summed E-state index contributed by atoms with van der Waals surface area (Å²) in [5.74, 6) is 0.988. The molecular weight excluding hydrogens is 272 g/mol. The second kappa shape index (κ2) is 5.62. The van der Waals surface area contributed by atoms with Gasteiger partial charge in [-0.15, -0.1) is 0 Å². The third-order valence-electron chi connectivity index (χ3n) is 3.80. The zero-order valence-electron chi connectivity index (χ0n) is 11.6. The number of ether oxygens (including phenoxy) is 3. The minimum absolute atomic E-state index is 0.287. The van der Waals surface area contributed by atoms with E-state index in [1.807, 2.05) is 0 Å². The van der Waals surface area contributed by atoms with Gasteiger partial charge in [0.15, 0.2) is 11.5 Å². The van der Waals surface area contributed by atoms with Crippen molar-refractivity contribution in [3.63, 3.8) is 0 Å². The molecule has 110 valence electrons. The summed E-state index contributed by atoms with van der Waals surface area (Å²) >= 11 is 0. The second-order valence-electron chi connectivity index (χ2n) is 5.12. The number of anilines is 1. The molecule has 1 amide bonds. The first-order valence-electron chi connectivity index (χ1n) is 6.94. The highest BCUT2D eigenvalue weighted by atomic mass is 16.6. The van der Waals surface area contributed by atoms with Crippen LogP contribution in [0.2, 0.25) is 0 Å². The number of amides is 1. The Bertz CT molecular complexity index is 588. The molecule has 6 nitrogen and oxygen atoms in total. The van der Waals surface area contributed by atoms with Gasteiger partial charge in [-0.25, -0.2) is 0 Å². The molecule has 1 aromatic carbocycles. The zero-order valence-corrected chi connectivity index (χ0v) is 11.6. The molecule has 0 spiro atoms. The molecule has 2 heterocycles. The summed E-state index contributed by atoms with van der Waals surface area (Å²) < 4.78 is 16.1. The predicted octanol–water partition coefficient (Wildman–Crippen LogP) is 1.72. The van der Waals surface area contributed by atoms with Gasteiger partial charge < -0.3 is 19.5 Å². The summed E-state index contributed by atoms with van der Waals surface area (Å²) in [5.41, 5.74) is -0.406. The Kier molecular flexibility index (Phi) is 3.67. The largest absolute Gasteiger partial charge is 0.486 e. The van der Waals surface area contributed by atoms with Gasteiger partial charge in [-0.3, -0.25) is 4.79 Å². The van der Waals surface area contributed by atoms with Gasteiger partial charge in [-0.05, 0) is 25.0 Å². The number of benzene rings is 1. The summed E-state index contributed by atoms with van der Waals surface area (Å²) in [4.78, 5) is 12.4. The molecule has 1 saturated heterocycles. The first-order valence-corrected chi connectivity index (χ1v) is 6.94. The quantitative estimate of drug-likeness (QED) is 0.896. The first kappa shape index (κ1) is 13.7. The van der Waals surface area contributed by atoms with Crippen LogP contribution in [0.25, 0.3) is 0 Å². The average Bonchev–Trinajstić information content (AvgIpc) is 2.55. The minimum Gasteiger partial charge on any atom is -0.486 e. The lowest BCUT2D eigenvalue weighted by Crippen LogP contribution is -2.39. The van der Waals surface area contributed by atoms with Gasteiger partial charge in [0, 0.05) is 25.0 Å². The van der Waals surface area contributed by atoms with Crippen molar-refractivity contribution in [2.45, 2.75) is 12.8 Å². The van der Waals surface area contributed by atoms with E-state index in [1.54, 1.807) is 18.2 Å². The van der Waals surface area contributed by atoms with E-state index in [1.165, 1.54) is 0 Å². The van der Waals surface area contributed by atoms with E-state index in [4.69, 9.17) is 14.2 Å². The monoisotopic (exact) mass is 288 g/mol. The Balaban J connectivity index is 1.76. The molecule has 0 aliphatic carbocycles. The number of hydrogen-bond donors (Lipinski definition) is 1. The molecule has 0 aromatic heterocycles. The molecular formula is C15H16N2O4. The van der Waals surface area contributed by atoms with Gasteiger partial charge in [-0.2, -0.15) is 5.26 Å². The van der Waals surface area contributed by atoms with Gasteiger partial charge in [-0.1, -0.05) is 0 Å². The summed E-state index contributed by atoms with van der Waals surface area (Å²) in [5, 5.41) is 12.2. The number of fused-ring (bicyclic) bond motifs is 1. The van der Waals surface area contributed by atoms with Crippen LogP contribution in [0.4, 0.5) is 5.69 Å². The van der Waals surface area contributed by atoms with Crippen LogP contribution in [0.1, 0.15) is 12.8 Å². The molecule has 0 atom stereocenters. The second-order valence-corrected chi connectivity index (χ2v) is 5.12. The maximum atomic E-state index is 12.4. The van der Waals surface area contributed by atoms with E-state index in [2.05, 4.69) is 11.4 Å². The lowest BCUT2D eigenvalue weighted by Gasteiger charge is -2.29. The fourth-order valence-corrected chi connectivity index (χ4v) is 2.48. The van der Waals surface area contributed by atoms with Gasteiger partial charge in [0.1, 0.15) is 18.6 Å². The van der Waals surface area contributed by atoms with Gasteiger partial charge >= 0.3 is 0 Å². The number of nitriles is 1. The van der Waals surface area contributed by atoms with Crippen LogP contribution in [0, 0.1) is 16.7 Å². The number of carbonyl (C=O) groups excluding carboxylic acids is 1. The van der Waals surface area contributed by atoms with E-state index in [0.717, 1.165) is 0 Å². The van der Waals surface area contributed by atoms with E-state index >= 15 is 0 Å². The lowest BCUT2D eigenvalue weighted by molar-refractivity contribution is -0.126. The van der Waals surface area contributed by atoms with E-state index in [9.17, 15) is 10.1 Å². The fraction of sp³-hybridized carbons (Fsp3) is 0.467. The number of hydrogen-bond acceptors (Lipinski definition) is 5. The Morgan fingerprint density at radius 3 is 2.57 bits per heavy atom. The van der Waals surface area contributed by atoms with E-state index in [0.29, 0.717) is 56.5 Å². The smallest absolute Gasteiger partial charge is 0.245 e. The van der Waals surface area contributed by atoms with Crippen molar-refractivity contribution < 1.29 is 19.0 Å². The van der Waals surface area contributed by atoms with E-state index in [-0.39, 0.29) is 5.91 Å². The molecule has 2 aliphatic rings. The van der Waals surface area contributed by atoms with Crippen molar-refractivity contribution in [3.8, 4) is 17.6 Å². The van der Waals surface area contributed by atoms with Crippen LogP contribution in [-0.2, 0) is 9.53 Å². The molecule has 1 fully saturated rings. The predicted molar refractivity (Wildman–Crippen MR) is 74.2 cm³/mol. The van der Waals surface area contributed by atoms with Crippen LogP contribution in [0.15, 0.2) is 18.2 Å². The van der Waals surface area contributed by atoms with Crippen LogP contribution >= 0.6 is 0 Å². The third-order valence-corrected chi connectivity index (χ3v) is 3.80. The molecule has 2 aliphatic heterocycles. The van der Waals surface area contributed by atoms with Crippen molar-refractivity contribution in [3.05, 3.63) is 18.2 Å². The Labute approximate surface area is 122 Å². The van der Waals surface area contributed by atoms with Crippen LogP contribution in [-0.4, -0.2) is 32.3 Å². The van der Waals surface area contributed by atoms with E-state index < -0.39 is 5.41 Å². The molecule has 21 heavy (non-hydrogen) atoms. The molecule has 0 unspecified atom stereocenters. The molecule has 0 bridgehead atoms. The number of rotatable bonds is 2. The standard InChI is InChI=1S/C15H16N2O4/c16-10-15(3-5-19-6-4-15)14(18)17-11-1-2-12-13(9-11)21-8-7-20-12/h1-2,9H,3-8H2,(H,17,18). The topological polar surface area (TPSA) is 80.6 Å². The number of nitrogens with one attached hydrogen (secondary N) is 1. The zero-order chi connectivity index (χ0) is 14.7. The highest BCUT2D eigenvalue weighted by Crippen LogP contribution is 2.35. The van der Waals surface area contributed by atoms with Crippen molar-refractivity contribution in [2.24, 2.45) is 5.41 Å². The number of carbonyl (C=O) groups is 1. The summed E-state index contributed by atoms with van der Waals surface area (Å²) in [7, 11) is 0. The maximum absolute atomic E-state index is 12.4. The Morgan fingerprint density at radius 1 is 1.14 bits per heavy atom. The average molecular weight is 288 g/mol. The Hall–Kier alpha value is -2.26. The van der Waals surface area contributed by atoms with Gasteiger partial charge in [0.05, 0.1) is 6.07 Å². The van der Waals surface area contributed by atoms with Crippen molar-refractivity contribution in [1.29, 1.82) is 5.26 Å². The summed E-state index contributed by atoms with van der Waals surface area (Å²) in [6, 6.07) is 7.37. The molecule has 6 heteroatoms. The van der Waals surface area contributed by atoms with Gasteiger partial charge in [0.2, 0.25) is 5.91 Å². The fourth-order valence-electron chi connectivity index (χ4n) is 2.48. The van der Waals surface area contributed by atoms with Crippen LogP contribution < -0.4 is 14.8 Å². The molecule has 0 radical (unpaired) electrons. The van der Waals surface area contributed by atoms with Crippen LogP contribution in [0.3, 0.4) is 0 Å².